The Labute approximate surface area is 491 Å². The van der Waals surface area contributed by atoms with Gasteiger partial charge in [-0.1, -0.05) is 259 Å². The first-order valence-corrected chi connectivity index (χ1v) is 32.9. The first-order valence-electron chi connectivity index (χ1n) is 29.1. The van der Waals surface area contributed by atoms with Crippen molar-refractivity contribution in [2.75, 3.05) is 26.3 Å². The summed E-state index contributed by atoms with van der Waals surface area (Å²) in [7, 11) is -5.87. The third kappa shape index (κ3) is 13.0. The van der Waals surface area contributed by atoms with Gasteiger partial charge in [0.05, 0.1) is 24.3 Å². The van der Waals surface area contributed by atoms with Gasteiger partial charge >= 0.3 is 0 Å². The molecule has 0 aliphatic heterocycles. The summed E-state index contributed by atoms with van der Waals surface area (Å²) in [6.07, 6.45) is 0.583. The molecular weight excluding hydrogens is 1040 g/mol. The molecule has 0 spiro atoms. The molecule has 0 heterocycles. The highest BCUT2D eigenvalue weighted by Gasteiger charge is 2.52. The Morgan fingerprint density at radius 2 is 0.744 bits per heavy atom. The first kappa shape index (κ1) is 60.8. The molecule has 82 heavy (non-hydrogen) atoms. The lowest BCUT2D eigenvalue weighted by Gasteiger charge is -2.44. The molecule has 0 radical (unpaired) electrons. The molecule has 0 aliphatic rings. The highest BCUT2D eigenvalue weighted by Crippen LogP contribution is 2.39. The van der Waals surface area contributed by atoms with Gasteiger partial charge in [0.25, 0.3) is 28.4 Å². The lowest BCUT2D eigenvalue weighted by Crippen LogP contribution is -2.67. The maximum atomic E-state index is 15.6. The van der Waals surface area contributed by atoms with E-state index in [4.69, 9.17) is 8.85 Å². The molecule has 0 atom stereocenters. The van der Waals surface area contributed by atoms with Crippen molar-refractivity contribution in [1.82, 2.24) is 9.80 Å². The monoisotopic (exact) mass is 1120 g/mol. The summed E-state index contributed by atoms with van der Waals surface area (Å²) in [6, 6.07) is 76.2. The van der Waals surface area contributed by atoms with Crippen LogP contribution in [-0.2, 0) is 37.6 Å². The van der Waals surface area contributed by atoms with Gasteiger partial charge < -0.3 is 18.7 Å². The largest absolute Gasteiger partial charge is 0.406 e. The minimum absolute atomic E-state index is 0.0239. The molecule has 0 bridgehead atoms. The highest BCUT2D eigenvalue weighted by molar-refractivity contribution is 7.00. The van der Waals surface area contributed by atoms with E-state index in [0.717, 1.165) is 22.3 Å². The Hall–Kier alpha value is -7.28. The minimum Gasteiger partial charge on any atom is -0.406 e. The quantitative estimate of drug-likeness (QED) is 0.0597. The van der Waals surface area contributed by atoms with Gasteiger partial charge in [0.1, 0.15) is 5.78 Å². The number of Topliss-reactive ketones (excluding diaryl/α,β-unsaturated/α-hetero) is 1. The maximum Gasteiger partial charge on any atom is 0.261 e. The summed E-state index contributed by atoms with van der Waals surface area (Å²) >= 11 is 0. The molecule has 0 saturated heterocycles. The second-order valence-electron chi connectivity index (χ2n) is 24.8. The molecule has 0 saturated carbocycles. The first-order chi connectivity index (χ1) is 39.1. The van der Waals surface area contributed by atoms with Crippen LogP contribution in [0.25, 0.3) is 0 Å². The van der Waals surface area contributed by atoms with Crippen molar-refractivity contribution in [2.24, 2.45) is 0 Å². The van der Waals surface area contributed by atoms with Gasteiger partial charge in [-0.3, -0.25) is 14.4 Å². The van der Waals surface area contributed by atoms with Crippen LogP contribution in [0.2, 0.25) is 10.1 Å². The van der Waals surface area contributed by atoms with Crippen molar-refractivity contribution in [2.45, 2.75) is 117 Å². The third-order valence-electron chi connectivity index (χ3n) is 16.7. The second kappa shape index (κ2) is 25.9. The van der Waals surface area contributed by atoms with Crippen molar-refractivity contribution in [3.63, 3.8) is 0 Å². The number of carbonyl (C=O) groups is 3. The summed E-state index contributed by atoms with van der Waals surface area (Å²) in [5, 5.41) is 4.20. The van der Waals surface area contributed by atoms with Gasteiger partial charge in [0.2, 0.25) is 0 Å². The number of carbonyl (C=O) groups excluding carboxylic acids is 3. The fraction of sp³-hybridized carbons (Fsp3) is 0.301. The molecule has 9 heteroatoms. The van der Waals surface area contributed by atoms with Gasteiger partial charge in [0, 0.05) is 37.1 Å². The molecule has 424 valence electrons. The van der Waals surface area contributed by atoms with Crippen molar-refractivity contribution in [3.05, 3.63) is 263 Å². The SMILES string of the molecule is Cc1ccc(CC(=O)CCc2ccccc2C(=O)N(CCO[Si](c2ccccc2)(c2ccccc2)C(C)(C)C)C(C)(C)c2ccccc2)c(C(=O)N(CCO[Si](c2ccccc2)(c2ccccc2)C(C)(C)C)C(C)(C)c2ccccc2)c1. The number of rotatable bonds is 23. The van der Waals surface area contributed by atoms with Crippen LogP contribution in [0, 0.1) is 6.92 Å². The van der Waals surface area contributed by atoms with E-state index < -0.39 is 27.7 Å². The van der Waals surface area contributed by atoms with Gasteiger partial charge in [-0.25, -0.2) is 0 Å². The fourth-order valence-corrected chi connectivity index (χ4v) is 21.3. The molecule has 0 aliphatic carbocycles. The molecule has 0 N–H and O–H groups in total. The van der Waals surface area contributed by atoms with Crippen LogP contribution in [0.1, 0.15) is 124 Å². The van der Waals surface area contributed by atoms with Crippen molar-refractivity contribution in [3.8, 4) is 0 Å². The second-order valence-corrected chi connectivity index (χ2v) is 33.4. The maximum absolute atomic E-state index is 15.6. The topological polar surface area (TPSA) is 76.2 Å². The Kier molecular flexibility index (Phi) is 19.2. The molecule has 0 fully saturated rings. The Morgan fingerprint density at radius 1 is 0.402 bits per heavy atom. The van der Waals surface area contributed by atoms with E-state index >= 15 is 9.59 Å². The van der Waals surface area contributed by atoms with Crippen molar-refractivity contribution in [1.29, 1.82) is 0 Å². The molecule has 0 aromatic heterocycles. The van der Waals surface area contributed by atoms with Crippen LogP contribution in [0.3, 0.4) is 0 Å². The van der Waals surface area contributed by atoms with E-state index in [1.165, 1.54) is 20.7 Å². The van der Waals surface area contributed by atoms with E-state index in [1.807, 2.05) is 120 Å². The van der Waals surface area contributed by atoms with Crippen LogP contribution in [0.4, 0.5) is 0 Å². The molecule has 7 nitrogen and oxygen atoms in total. The number of hydrogen-bond acceptors (Lipinski definition) is 5. The Bertz CT molecular complexity index is 3300. The van der Waals surface area contributed by atoms with Crippen LogP contribution >= 0.6 is 0 Å². The summed E-state index contributed by atoms with van der Waals surface area (Å²) < 4.78 is 14.8. The van der Waals surface area contributed by atoms with Gasteiger partial charge in [-0.15, -0.1) is 0 Å². The lowest BCUT2D eigenvalue weighted by molar-refractivity contribution is -0.118. The number of nitrogens with zero attached hydrogens (tertiary/aromatic N) is 2. The fourth-order valence-electron chi connectivity index (χ4n) is 12.2. The van der Waals surface area contributed by atoms with Gasteiger partial charge in [-0.2, -0.15) is 0 Å². The van der Waals surface area contributed by atoms with Gasteiger partial charge in [-0.05, 0) is 106 Å². The molecule has 0 unspecified atom stereocenters. The predicted octanol–water partition coefficient (Wildman–Crippen LogP) is 13.6. The summed E-state index contributed by atoms with van der Waals surface area (Å²) in [5.74, 6) is -0.319. The summed E-state index contributed by atoms with van der Waals surface area (Å²) in [6.45, 7) is 25.2. The third-order valence-corrected chi connectivity index (χ3v) is 26.8. The number of ketones is 1. The average molecular weight is 1130 g/mol. The zero-order valence-electron chi connectivity index (χ0n) is 50.2. The summed E-state index contributed by atoms with van der Waals surface area (Å²) in [4.78, 5) is 49.5. The van der Waals surface area contributed by atoms with E-state index in [0.29, 0.717) is 49.4 Å². The Morgan fingerprint density at radius 3 is 1.12 bits per heavy atom. The van der Waals surface area contributed by atoms with Crippen LogP contribution < -0.4 is 20.7 Å². The standard InChI is InChI=1S/C73H84N2O5Si2/c1-56-46-47-58(67(54-56)69(78)75(73(10,11)60-35-20-13-21-36-60)51-53-80-82(71(5,6)7,64-41-26-16-27-42-64)65-43-28-17-29-44-65)55-61(76)49-48-57-32-30-31-45-66(57)68(77)74(72(8,9)59-33-18-12-19-34-59)50-52-79-81(70(2,3)4,62-37-22-14-23-38-62)63-39-24-15-25-40-63/h12-47,54H,48-53,55H2,1-11H3. The van der Waals surface area contributed by atoms with Gasteiger partial charge in [0.15, 0.2) is 0 Å². The van der Waals surface area contributed by atoms with E-state index in [2.05, 4.69) is 191 Å². The molecule has 8 rings (SSSR count). The average Bonchev–Trinajstić information content (AvgIpc) is 3.64. The lowest BCUT2D eigenvalue weighted by atomic mass is 9.89. The molecule has 2 amide bonds. The Balaban J connectivity index is 1.06. The van der Waals surface area contributed by atoms with Crippen LogP contribution in [-0.4, -0.2) is 70.3 Å². The number of hydrogen-bond donors (Lipinski definition) is 0. The molecule has 8 aromatic rings. The smallest absolute Gasteiger partial charge is 0.261 e. The van der Waals surface area contributed by atoms with E-state index in [1.54, 1.807) is 0 Å². The van der Waals surface area contributed by atoms with Crippen LogP contribution in [0.5, 0.6) is 0 Å². The molecule has 8 aromatic carbocycles. The highest BCUT2D eigenvalue weighted by atomic mass is 28.4. The minimum atomic E-state index is -2.94. The number of benzene rings is 8. The number of amides is 2. The molecular formula is C73H84N2O5Si2. The number of aryl methyl sites for hydroxylation is 2. The van der Waals surface area contributed by atoms with Crippen molar-refractivity contribution >= 4 is 55.0 Å². The predicted molar refractivity (Wildman–Crippen MR) is 343 cm³/mol. The normalized spacial score (nSPS) is 12.4. The zero-order chi connectivity index (χ0) is 58.8. The van der Waals surface area contributed by atoms with E-state index in [-0.39, 0.29) is 40.5 Å². The zero-order valence-corrected chi connectivity index (χ0v) is 52.2. The van der Waals surface area contributed by atoms with Crippen molar-refractivity contribution < 1.29 is 23.2 Å². The van der Waals surface area contributed by atoms with E-state index in [9.17, 15) is 4.79 Å². The van der Waals surface area contributed by atoms with Crippen LogP contribution in [0.15, 0.2) is 224 Å². The summed E-state index contributed by atoms with van der Waals surface area (Å²) in [5.41, 5.74) is 3.93.